The van der Waals surface area contributed by atoms with E-state index in [-0.39, 0.29) is 11.3 Å². The molecule has 8 nitrogen and oxygen atoms in total. The van der Waals surface area contributed by atoms with Crippen molar-refractivity contribution in [1.29, 1.82) is 0 Å². The highest BCUT2D eigenvalue weighted by molar-refractivity contribution is 7.79. The van der Waals surface area contributed by atoms with Gasteiger partial charge in [-0.15, -0.1) is 0 Å². The lowest BCUT2D eigenvalue weighted by Gasteiger charge is -2.06. The van der Waals surface area contributed by atoms with E-state index in [0.717, 1.165) is 11.1 Å². The molecule has 0 radical (unpaired) electrons. The molecule has 0 aliphatic heterocycles. The summed E-state index contributed by atoms with van der Waals surface area (Å²) < 4.78 is 31.6. The molecule has 6 N–H and O–H groups in total. The topological polar surface area (TPSA) is 150 Å². The van der Waals surface area contributed by atoms with Crippen LogP contribution < -0.4 is 11.3 Å². The van der Waals surface area contributed by atoms with Gasteiger partial charge in [0.25, 0.3) is 5.91 Å². The number of hydrogen-bond donors (Lipinski definition) is 5. The third-order valence-electron chi connectivity index (χ3n) is 2.48. The van der Waals surface area contributed by atoms with E-state index in [1.165, 1.54) is 6.07 Å². The molecule has 0 unspecified atom stereocenters. The van der Waals surface area contributed by atoms with Crippen molar-refractivity contribution in [3.8, 4) is 16.9 Å². The van der Waals surface area contributed by atoms with Gasteiger partial charge in [0.2, 0.25) is 0 Å². The monoisotopic (exact) mass is 326 g/mol. The average molecular weight is 326 g/mol. The molecule has 22 heavy (non-hydrogen) atoms. The second kappa shape index (κ2) is 7.52. The number of phenols is 1. The van der Waals surface area contributed by atoms with Gasteiger partial charge in [-0.25, -0.2) is 5.84 Å². The van der Waals surface area contributed by atoms with E-state index < -0.39 is 16.3 Å². The number of phenolic OH excluding ortho intramolecular Hbond substituents is 1. The van der Waals surface area contributed by atoms with Crippen LogP contribution in [-0.4, -0.2) is 28.5 Å². The summed E-state index contributed by atoms with van der Waals surface area (Å²) in [4.78, 5) is 11.4. The Morgan fingerprint density at radius 2 is 1.55 bits per heavy atom. The minimum absolute atomic E-state index is 0.0902. The third-order valence-corrected chi connectivity index (χ3v) is 2.48. The lowest BCUT2D eigenvalue weighted by atomic mass is 10.0. The first-order valence-corrected chi connectivity index (χ1v) is 7.21. The molecule has 0 saturated carbocycles. The van der Waals surface area contributed by atoms with Crippen LogP contribution in [0.2, 0.25) is 0 Å². The quantitative estimate of drug-likeness (QED) is 0.239. The van der Waals surface area contributed by atoms with Gasteiger partial charge >= 0.3 is 10.4 Å². The van der Waals surface area contributed by atoms with Gasteiger partial charge in [-0.2, -0.15) is 8.42 Å². The highest BCUT2D eigenvalue weighted by atomic mass is 32.3. The Morgan fingerprint density at radius 1 is 1.00 bits per heavy atom. The second-order valence-corrected chi connectivity index (χ2v) is 4.91. The van der Waals surface area contributed by atoms with E-state index >= 15 is 0 Å². The molecule has 0 heterocycles. The van der Waals surface area contributed by atoms with Gasteiger partial charge in [0, 0.05) is 0 Å². The van der Waals surface area contributed by atoms with E-state index in [1.807, 2.05) is 35.8 Å². The summed E-state index contributed by atoms with van der Waals surface area (Å²) in [5.74, 6) is 4.45. The molecule has 0 spiro atoms. The Balaban J connectivity index is 0.000000422. The van der Waals surface area contributed by atoms with Crippen LogP contribution in [0.1, 0.15) is 10.4 Å². The van der Waals surface area contributed by atoms with Crippen molar-refractivity contribution in [2.45, 2.75) is 0 Å². The number of hydrogen-bond acceptors (Lipinski definition) is 5. The maximum atomic E-state index is 11.4. The van der Waals surface area contributed by atoms with Crippen molar-refractivity contribution in [1.82, 2.24) is 5.43 Å². The van der Waals surface area contributed by atoms with E-state index in [4.69, 9.17) is 23.4 Å². The minimum Gasteiger partial charge on any atom is -0.507 e. The van der Waals surface area contributed by atoms with Crippen LogP contribution in [0.5, 0.6) is 5.75 Å². The lowest BCUT2D eigenvalue weighted by Crippen LogP contribution is -2.30. The number of carbonyl (C=O) groups is 1. The molecule has 2 aromatic rings. The summed E-state index contributed by atoms with van der Waals surface area (Å²) >= 11 is 0. The van der Waals surface area contributed by atoms with Crippen LogP contribution in [0, 0.1) is 0 Å². The maximum absolute atomic E-state index is 11.4. The SMILES string of the molecule is NNC(=O)c1cc(-c2ccccc2)ccc1O.O=S(=O)(O)O. The van der Waals surface area contributed by atoms with Crippen molar-refractivity contribution >= 4 is 16.3 Å². The van der Waals surface area contributed by atoms with Crippen LogP contribution in [0.3, 0.4) is 0 Å². The fourth-order valence-electron chi connectivity index (χ4n) is 1.61. The summed E-state index contributed by atoms with van der Waals surface area (Å²) in [6, 6.07) is 14.4. The summed E-state index contributed by atoms with van der Waals surface area (Å²) in [7, 11) is -4.67. The van der Waals surface area contributed by atoms with E-state index in [9.17, 15) is 9.90 Å². The van der Waals surface area contributed by atoms with Crippen molar-refractivity contribution in [2.75, 3.05) is 0 Å². The number of aromatic hydroxyl groups is 1. The number of nitrogens with one attached hydrogen (secondary N) is 1. The third kappa shape index (κ3) is 5.89. The predicted octanol–water partition coefficient (Wildman–Crippen LogP) is 1.01. The number of nitrogens with two attached hydrogens (primary N) is 1. The van der Waals surface area contributed by atoms with E-state index in [0.29, 0.717) is 0 Å². The molecule has 118 valence electrons. The van der Waals surface area contributed by atoms with Crippen LogP contribution >= 0.6 is 0 Å². The molecule has 0 fully saturated rings. The summed E-state index contributed by atoms with van der Waals surface area (Å²) in [6.07, 6.45) is 0. The van der Waals surface area contributed by atoms with E-state index in [2.05, 4.69) is 0 Å². The molecular weight excluding hydrogens is 312 g/mol. The fraction of sp³-hybridized carbons (Fsp3) is 0. The molecule has 0 aromatic heterocycles. The van der Waals surface area contributed by atoms with E-state index in [1.54, 1.807) is 12.1 Å². The molecule has 9 heteroatoms. The Bertz CT molecular complexity index is 738. The average Bonchev–Trinajstić information content (AvgIpc) is 2.46. The van der Waals surface area contributed by atoms with Crippen molar-refractivity contribution in [3.05, 3.63) is 54.1 Å². The number of hydrazine groups is 1. The Labute approximate surface area is 126 Å². The smallest absolute Gasteiger partial charge is 0.394 e. The van der Waals surface area contributed by atoms with Gasteiger partial charge in [-0.1, -0.05) is 36.4 Å². The van der Waals surface area contributed by atoms with Crippen molar-refractivity contribution in [2.24, 2.45) is 5.84 Å². The van der Waals surface area contributed by atoms with Gasteiger partial charge in [-0.05, 0) is 23.3 Å². The lowest BCUT2D eigenvalue weighted by molar-refractivity contribution is 0.0951. The zero-order valence-electron chi connectivity index (χ0n) is 11.2. The molecule has 0 aliphatic carbocycles. The molecule has 1 amide bonds. The predicted molar refractivity (Wildman–Crippen MR) is 79.4 cm³/mol. The maximum Gasteiger partial charge on any atom is 0.394 e. The number of rotatable bonds is 2. The largest absolute Gasteiger partial charge is 0.507 e. The molecular formula is C13H14N2O6S. The Hall–Kier alpha value is -2.46. The van der Waals surface area contributed by atoms with Crippen LogP contribution in [0.15, 0.2) is 48.5 Å². The first kappa shape index (κ1) is 17.6. The number of carbonyl (C=O) groups excluding carboxylic acids is 1. The fourth-order valence-corrected chi connectivity index (χ4v) is 1.61. The van der Waals surface area contributed by atoms with Gasteiger partial charge < -0.3 is 5.11 Å². The van der Waals surface area contributed by atoms with Crippen LogP contribution in [0.4, 0.5) is 0 Å². The standard InChI is InChI=1S/C13H12N2O2.H2O4S/c14-15-13(17)11-8-10(6-7-12(11)16)9-4-2-1-3-5-9;1-5(2,3)4/h1-8,16H,14H2,(H,15,17);(H2,1,2,3,4). The summed E-state index contributed by atoms with van der Waals surface area (Å²) in [6.45, 7) is 0. The first-order valence-electron chi connectivity index (χ1n) is 5.81. The van der Waals surface area contributed by atoms with Gasteiger partial charge in [0.05, 0.1) is 5.56 Å². The van der Waals surface area contributed by atoms with Gasteiger partial charge in [0.15, 0.2) is 0 Å². The number of benzene rings is 2. The molecule has 2 rings (SSSR count). The zero-order chi connectivity index (χ0) is 16.8. The highest BCUT2D eigenvalue weighted by Crippen LogP contribution is 2.25. The first-order chi connectivity index (χ1) is 10.2. The molecule has 0 saturated heterocycles. The van der Waals surface area contributed by atoms with Crippen LogP contribution in [0.25, 0.3) is 11.1 Å². The summed E-state index contributed by atoms with van der Waals surface area (Å²) in [5.41, 5.74) is 3.98. The van der Waals surface area contributed by atoms with Crippen molar-refractivity contribution in [3.63, 3.8) is 0 Å². The Kier molecular flexibility index (Phi) is 6.01. The molecule has 2 aromatic carbocycles. The number of nitrogen functional groups attached to an aromatic ring is 1. The van der Waals surface area contributed by atoms with Crippen molar-refractivity contribution < 1.29 is 27.4 Å². The Morgan fingerprint density at radius 3 is 2.05 bits per heavy atom. The second-order valence-electron chi connectivity index (χ2n) is 4.02. The summed E-state index contributed by atoms with van der Waals surface area (Å²) in [5, 5.41) is 9.57. The van der Waals surface area contributed by atoms with Gasteiger partial charge in [-0.3, -0.25) is 19.3 Å². The highest BCUT2D eigenvalue weighted by Gasteiger charge is 2.10. The molecule has 0 aliphatic rings. The zero-order valence-corrected chi connectivity index (χ0v) is 12.0. The van der Waals surface area contributed by atoms with Gasteiger partial charge in [0.1, 0.15) is 5.75 Å². The minimum atomic E-state index is -4.67. The van der Waals surface area contributed by atoms with Crippen LogP contribution in [-0.2, 0) is 10.4 Å². The number of amides is 1. The normalized spacial score (nSPS) is 10.3. The molecule has 0 atom stereocenters. The molecule has 0 bridgehead atoms.